The van der Waals surface area contributed by atoms with Crippen LogP contribution in [0.4, 0.5) is 10.1 Å². The molecule has 0 unspecified atom stereocenters. The Kier molecular flexibility index (Phi) is 5.92. The minimum absolute atomic E-state index is 0.0603. The van der Waals surface area contributed by atoms with Gasteiger partial charge in [0, 0.05) is 12.1 Å². The van der Waals surface area contributed by atoms with E-state index in [2.05, 4.69) is 10.0 Å². The molecule has 2 aromatic rings. The number of amides is 1. The molecule has 0 aromatic heterocycles. The van der Waals surface area contributed by atoms with Crippen LogP contribution in [0.5, 0.6) is 0 Å². The van der Waals surface area contributed by atoms with E-state index in [4.69, 9.17) is 0 Å². The van der Waals surface area contributed by atoms with Gasteiger partial charge in [0.05, 0.1) is 10.6 Å². The lowest BCUT2D eigenvalue weighted by molar-refractivity contribution is 0.0953. The summed E-state index contributed by atoms with van der Waals surface area (Å²) >= 11 is 0. The van der Waals surface area contributed by atoms with Crippen molar-refractivity contribution >= 4 is 21.6 Å². The molecule has 0 heterocycles. The van der Waals surface area contributed by atoms with E-state index >= 15 is 0 Å². The Labute approximate surface area is 141 Å². The van der Waals surface area contributed by atoms with Crippen LogP contribution >= 0.6 is 0 Å². The van der Waals surface area contributed by atoms with Crippen molar-refractivity contribution in [1.82, 2.24) is 5.32 Å². The molecular weight excluding hydrogens is 331 g/mol. The zero-order chi connectivity index (χ0) is 17.6. The second-order valence-electron chi connectivity index (χ2n) is 5.25. The standard InChI is InChI=1S/C17H19FN2O3S/c1-2-3-10-19-17(21)13-6-4-9-16(11-13)24(22,23)20-15-8-5-7-14(18)12-15/h4-9,11-12,20H,2-3,10H2,1H3,(H,19,21). The van der Waals surface area contributed by atoms with Crippen molar-refractivity contribution in [1.29, 1.82) is 0 Å². The quantitative estimate of drug-likeness (QED) is 0.753. The molecule has 1 amide bonds. The maximum atomic E-state index is 13.2. The second-order valence-corrected chi connectivity index (χ2v) is 6.94. The molecule has 24 heavy (non-hydrogen) atoms. The first-order chi connectivity index (χ1) is 11.4. The van der Waals surface area contributed by atoms with E-state index in [9.17, 15) is 17.6 Å². The molecule has 0 fully saturated rings. The van der Waals surface area contributed by atoms with Gasteiger partial charge in [0.2, 0.25) is 0 Å². The molecule has 0 saturated carbocycles. The Balaban J connectivity index is 2.18. The molecule has 128 valence electrons. The topological polar surface area (TPSA) is 75.3 Å². The summed E-state index contributed by atoms with van der Waals surface area (Å²) in [6.45, 7) is 2.55. The molecule has 0 bridgehead atoms. The van der Waals surface area contributed by atoms with E-state index in [-0.39, 0.29) is 22.1 Å². The van der Waals surface area contributed by atoms with Gasteiger partial charge in [0.15, 0.2) is 0 Å². The third-order valence-corrected chi connectivity index (χ3v) is 4.68. The molecule has 0 aliphatic carbocycles. The van der Waals surface area contributed by atoms with Gasteiger partial charge < -0.3 is 5.32 Å². The van der Waals surface area contributed by atoms with Gasteiger partial charge in [-0.15, -0.1) is 0 Å². The van der Waals surface area contributed by atoms with Gasteiger partial charge in [-0.1, -0.05) is 25.5 Å². The fraction of sp³-hybridized carbons (Fsp3) is 0.235. The fourth-order valence-corrected chi connectivity index (χ4v) is 3.15. The maximum Gasteiger partial charge on any atom is 0.261 e. The summed E-state index contributed by atoms with van der Waals surface area (Å²) in [6.07, 6.45) is 1.80. The first kappa shape index (κ1) is 17.9. The van der Waals surface area contributed by atoms with E-state index in [1.165, 1.54) is 36.4 Å². The summed E-state index contributed by atoms with van der Waals surface area (Å²) in [4.78, 5) is 12.0. The van der Waals surface area contributed by atoms with E-state index in [0.717, 1.165) is 18.9 Å². The number of hydrogen-bond acceptors (Lipinski definition) is 3. The van der Waals surface area contributed by atoms with Gasteiger partial charge in [-0.2, -0.15) is 0 Å². The van der Waals surface area contributed by atoms with Gasteiger partial charge in [-0.25, -0.2) is 12.8 Å². The Bertz CT molecular complexity index is 822. The lowest BCUT2D eigenvalue weighted by atomic mass is 10.2. The molecule has 7 heteroatoms. The third kappa shape index (κ3) is 4.79. The Morgan fingerprint density at radius 3 is 2.58 bits per heavy atom. The zero-order valence-corrected chi connectivity index (χ0v) is 14.1. The van der Waals surface area contributed by atoms with Crippen LogP contribution in [0, 0.1) is 5.82 Å². The molecule has 5 nitrogen and oxygen atoms in total. The van der Waals surface area contributed by atoms with Crippen molar-refractivity contribution < 1.29 is 17.6 Å². The van der Waals surface area contributed by atoms with Crippen molar-refractivity contribution in [3.05, 3.63) is 59.9 Å². The molecule has 2 aromatic carbocycles. The monoisotopic (exact) mass is 350 g/mol. The smallest absolute Gasteiger partial charge is 0.261 e. The largest absolute Gasteiger partial charge is 0.352 e. The first-order valence-corrected chi connectivity index (χ1v) is 9.07. The number of carbonyl (C=O) groups excluding carboxylic acids is 1. The lowest BCUT2D eigenvalue weighted by Gasteiger charge is -2.10. The molecule has 2 N–H and O–H groups in total. The molecular formula is C17H19FN2O3S. The van der Waals surface area contributed by atoms with Crippen LogP contribution in [0.25, 0.3) is 0 Å². The van der Waals surface area contributed by atoms with Crippen molar-refractivity contribution in [2.75, 3.05) is 11.3 Å². The summed E-state index contributed by atoms with van der Waals surface area (Å²) < 4.78 is 40.2. The van der Waals surface area contributed by atoms with Gasteiger partial charge >= 0.3 is 0 Å². The number of unbranched alkanes of at least 4 members (excludes halogenated alkanes) is 1. The SMILES string of the molecule is CCCCNC(=O)c1cccc(S(=O)(=O)Nc2cccc(F)c2)c1. The molecule has 0 atom stereocenters. The van der Waals surface area contributed by atoms with Crippen molar-refractivity contribution in [2.24, 2.45) is 0 Å². The number of carbonyl (C=O) groups is 1. The van der Waals surface area contributed by atoms with Crippen molar-refractivity contribution in [3.63, 3.8) is 0 Å². The lowest BCUT2D eigenvalue weighted by Crippen LogP contribution is -2.24. The summed E-state index contributed by atoms with van der Waals surface area (Å²) in [5.41, 5.74) is 0.376. The summed E-state index contributed by atoms with van der Waals surface area (Å²) in [6, 6.07) is 10.9. The highest BCUT2D eigenvalue weighted by Crippen LogP contribution is 2.18. The minimum atomic E-state index is -3.91. The summed E-state index contributed by atoms with van der Waals surface area (Å²) in [7, 11) is -3.91. The van der Waals surface area contributed by atoms with Gasteiger partial charge in [-0.05, 0) is 42.8 Å². The number of sulfonamides is 1. The maximum absolute atomic E-state index is 13.2. The molecule has 0 radical (unpaired) electrons. The first-order valence-electron chi connectivity index (χ1n) is 7.59. The number of rotatable bonds is 7. The highest BCUT2D eigenvalue weighted by atomic mass is 32.2. The normalized spacial score (nSPS) is 11.1. The van der Waals surface area contributed by atoms with Gasteiger partial charge in [0.1, 0.15) is 5.82 Å². The predicted molar refractivity (Wildman–Crippen MR) is 90.9 cm³/mol. The molecule has 0 aliphatic heterocycles. The predicted octanol–water partition coefficient (Wildman–Crippen LogP) is 3.16. The Morgan fingerprint density at radius 1 is 1.12 bits per heavy atom. The number of hydrogen-bond donors (Lipinski definition) is 2. The van der Waals surface area contributed by atoms with E-state index in [0.29, 0.717) is 6.54 Å². The number of anilines is 1. The molecule has 2 rings (SSSR count). The number of halogens is 1. The second kappa shape index (κ2) is 7.92. The van der Waals surface area contributed by atoms with Crippen molar-refractivity contribution in [2.45, 2.75) is 24.7 Å². The summed E-state index contributed by atoms with van der Waals surface area (Å²) in [5, 5.41) is 2.73. The van der Waals surface area contributed by atoms with Crippen LogP contribution in [-0.4, -0.2) is 20.9 Å². The number of benzene rings is 2. The zero-order valence-electron chi connectivity index (χ0n) is 13.3. The van der Waals surface area contributed by atoms with Crippen LogP contribution < -0.4 is 10.0 Å². The van der Waals surface area contributed by atoms with Crippen molar-refractivity contribution in [3.8, 4) is 0 Å². The highest BCUT2D eigenvalue weighted by Gasteiger charge is 2.16. The highest BCUT2D eigenvalue weighted by molar-refractivity contribution is 7.92. The van der Waals surface area contributed by atoms with Crippen LogP contribution in [0.1, 0.15) is 30.1 Å². The minimum Gasteiger partial charge on any atom is -0.352 e. The molecule has 0 spiro atoms. The van der Waals surface area contributed by atoms with Gasteiger partial charge in [-0.3, -0.25) is 9.52 Å². The fourth-order valence-electron chi connectivity index (χ4n) is 2.05. The Morgan fingerprint density at radius 2 is 1.88 bits per heavy atom. The average Bonchev–Trinajstić information content (AvgIpc) is 2.55. The molecule has 0 aliphatic rings. The van der Waals surface area contributed by atoms with Crippen LogP contribution in [0.3, 0.4) is 0 Å². The van der Waals surface area contributed by atoms with Crippen LogP contribution in [0.2, 0.25) is 0 Å². The van der Waals surface area contributed by atoms with Crippen LogP contribution in [-0.2, 0) is 10.0 Å². The van der Waals surface area contributed by atoms with E-state index < -0.39 is 15.8 Å². The van der Waals surface area contributed by atoms with E-state index in [1.54, 1.807) is 6.07 Å². The van der Waals surface area contributed by atoms with E-state index in [1.807, 2.05) is 6.92 Å². The Hall–Kier alpha value is -2.41. The summed E-state index contributed by atoms with van der Waals surface area (Å²) in [5.74, 6) is -0.870. The van der Waals surface area contributed by atoms with Crippen LogP contribution in [0.15, 0.2) is 53.4 Å². The number of nitrogens with one attached hydrogen (secondary N) is 2. The third-order valence-electron chi connectivity index (χ3n) is 3.30. The molecule has 0 saturated heterocycles. The average molecular weight is 350 g/mol. The van der Waals surface area contributed by atoms with Gasteiger partial charge in [0.25, 0.3) is 15.9 Å².